The first-order valence-electron chi connectivity index (χ1n) is 7.97. The van der Waals surface area contributed by atoms with Crippen LogP contribution in [0.2, 0.25) is 0 Å². The number of carbonyl (C=O) groups is 1. The second kappa shape index (κ2) is 8.45. The van der Waals surface area contributed by atoms with Gasteiger partial charge in [0.05, 0.1) is 6.21 Å². The maximum absolute atomic E-state index is 12.6. The lowest BCUT2D eigenvalue weighted by Gasteiger charge is -2.17. The van der Waals surface area contributed by atoms with Crippen molar-refractivity contribution in [2.24, 2.45) is 5.10 Å². The summed E-state index contributed by atoms with van der Waals surface area (Å²) in [6.07, 6.45) is 0.819. The van der Waals surface area contributed by atoms with Crippen molar-refractivity contribution in [3.63, 3.8) is 0 Å². The number of ether oxygens (including phenoxy) is 1. The molecular weight excluding hydrogens is 312 g/mol. The Morgan fingerprint density at radius 2 is 1.40 bits per heavy atom. The molecular formula is C21H18N2O2. The van der Waals surface area contributed by atoms with Gasteiger partial charge in [0.25, 0.3) is 5.91 Å². The highest BCUT2D eigenvalue weighted by Crippen LogP contribution is 2.21. The van der Waals surface area contributed by atoms with E-state index in [0.29, 0.717) is 5.75 Å². The van der Waals surface area contributed by atoms with E-state index in [1.54, 1.807) is 6.21 Å². The summed E-state index contributed by atoms with van der Waals surface area (Å²) >= 11 is 0. The first-order chi connectivity index (χ1) is 12.3. The Labute approximate surface area is 146 Å². The Bertz CT molecular complexity index is 818. The number of benzene rings is 3. The van der Waals surface area contributed by atoms with Crippen LogP contribution in [-0.2, 0) is 4.79 Å². The number of carbonyl (C=O) groups excluding carboxylic acids is 1. The molecule has 0 unspecified atom stereocenters. The number of hydrogen-bond acceptors (Lipinski definition) is 3. The minimum atomic E-state index is -0.781. The van der Waals surface area contributed by atoms with Crippen molar-refractivity contribution in [3.05, 3.63) is 102 Å². The molecule has 124 valence electrons. The lowest BCUT2D eigenvalue weighted by molar-refractivity contribution is -0.128. The van der Waals surface area contributed by atoms with Gasteiger partial charge in [0.15, 0.2) is 0 Å². The quantitative estimate of drug-likeness (QED) is 0.549. The van der Waals surface area contributed by atoms with Crippen LogP contribution in [0.4, 0.5) is 0 Å². The average molecular weight is 330 g/mol. The Morgan fingerprint density at radius 1 is 0.840 bits per heavy atom. The fourth-order valence-corrected chi connectivity index (χ4v) is 2.30. The minimum Gasteiger partial charge on any atom is -0.476 e. The summed E-state index contributed by atoms with van der Waals surface area (Å²) in [6.45, 7) is 0. The molecule has 25 heavy (non-hydrogen) atoms. The van der Waals surface area contributed by atoms with Gasteiger partial charge in [-0.25, -0.2) is 5.43 Å². The average Bonchev–Trinajstić information content (AvgIpc) is 2.68. The second-order valence-electron chi connectivity index (χ2n) is 5.37. The largest absolute Gasteiger partial charge is 0.476 e. The Morgan fingerprint density at radius 3 is 2.04 bits per heavy atom. The molecule has 4 nitrogen and oxygen atoms in total. The first kappa shape index (κ1) is 16.5. The van der Waals surface area contributed by atoms with Crippen LogP contribution in [0.1, 0.15) is 17.2 Å². The molecule has 0 radical (unpaired) electrons. The van der Waals surface area contributed by atoms with Crippen LogP contribution in [0.3, 0.4) is 0 Å². The molecule has 4 heteroatoms. The third kappa shape index (κ3) is 4.78. The van der Waals surface area contributed by atoms with Crippen molar-refractivity contribution >= 4 is 12.1 Å². The molecule has 3 aromatic carbocycles. The van der Waals surface area contributed by atoms with Crippen LogP contribution in [0, 0.1) is 0 Å². The summed E-state index contributed by atoms with van der Waals surface area (Å²) < 4.78 is 5.88. The summed E-state index contributed by atoms with van der Waals surface area (Å²) in [5, 5.41) is 4.03. The maximum atomic E-state index is 12.6. The highest BCUT2D eigenvalue weighted by molar-refractivity contribution is 5.85. The number of rotatable bonds is 6. The zero-order chi connectivity index (χ0) is 17.3. The summed E-state index contributed by atoms with van der Waals surface area (Å²) in [7, 11) is 0. The monoisotopic (exact) mass is 330 g/mol. The van der Waals surface area contributed by atoms with Crippen molar-refractivity contribution in [1.29, 1.82) is 0 Å². The molecule has 0 fully saturated rings. The maximum Gasteiger partial charge on any atom is 0.285 e. The van der Waals surface area contributed by atoms with Gasteiger partial charge in [0, 0.05) is 5.56 Å². The molecule has 0 saturated carbocycles. The zero-order valence-electron chi connectivity index (χ0n) is 13.6. The Balaban J connectivity index is 1.74. The number of nitrogens with zero attached hydrogens (tertiary/aromatic N) is 1. The molecule has 0 aliphatic carbocycles. The van der Waals surface area contributed by atoms with Gasteiger partial charge >= 0.3 is 0 Å². The van der Waals surface area contributed by atoms with E-state index in [-0.39, 0.29) is 5.91 Å². The first-order valence-corrected chi connectivity index (χ1v) is 7.97. The van der Waals surface area contributed by atoms with Gasteiger partial charge in [-0.15, -0.1) is 0 Å². The standard InChI is InChI=1S/C21H18N2O2/c24-21(23-22-16-17-10-4-1-5-11-17)20(18-12-6-2-7-13-18)25-19-14-8-3-9-15-19/h1-16,20H,(H,23,24)/b22-16-/t20-/m0/s1. The van der Waals surface area contributed by atoms with Crippen molar-refractivity contribution < 1.29 is 9.53 Å². The van der Waals surface area contributed by atoms with Crippen LogP contribution in [0.25, 0.3) is 0 Å². The van der Waals surface area contributed by atoms with Crippen molar-refractivity contribution in [3.8, 4) is 5.75 Å². The fraction of sp³-hybridized carbons (Fsp3) is 0.0476. The van der Waals surface area contributed by atoms with Crippen molar-refractivity contribution in [2.75, 3.05) is 0 Å². The van der Waals surface area contributed by atoms with Gasteiger partial charge in [0.2, 0.25) is 6.10 Å². The van der Waals surface area contributed by atoms with Crippen molar-refractivity contribution in [1.82, 2.24) is 5.43 Å². The van der Waals surface area contributed by atoms with E-state index in [4.69, 9.17) is 4.74 Å². The molecule has 0 aliphatic rings. The number of amides is 1. The molecule has 0 bridgehead atoms. The van der Waals surface area contributed by atoms with Crippen LogP contribution >= 0.6 is 0 Å². The van der Waals surface area contributed by atoms with E-state index in [1.807, 2.05) is 91.0 Å². The number of para-hydroxylation sites is 1. The Hall–Kier alpha value is -3.40. The van der Waals surface area contributed by atoms with Gasteiger partial charge in [-0.1, -0.05) is 78.9 Å². The molecule has 0 spiro atoms. The summed E-state index contributed by atoms with van der Waals surface area (Å²) in [6, 6.07) is 28.2. The van der Waals surface area contributed by atoms with E-state index in [0.717, 1.165) is 11.1 Å². The molecule has 0 heterocycles. The third-order valence-corrected chi connectivity index (χ3v) is 3.53. The molecule has 3 aromatic rings. The fourth-order valence-electron chi connectivity index (χ4n) is 2.30. The Kier molecular flexibility index (Phi) is 5.56. The van der Waals surface area contributed by atoms with Gasteiger partial charge in [-0.3, -0.25) is 4.79 Å². The van der Waals surface area contributed by atoms with Crippen LogP contribution in [-0.4, -0.2) is 12.1 Å². The van der Waals surface area contributed by atoms with Gasteiger partial charge in [0.1, 0.15) is 5.75 Å². The number of hydrogen-bond donors (Lipinski definition) is 1. The molecule has 0 saturated heterocycles. The molecule has 1 amide bonds. The number of hydrazone groups is 1. The van der Waals surface area contributed by atoms with Crippen LogP contribution < -0.4 is 10.2 Å². The van der Waals surface area contributed by atoms with Crippen LogP contribution in [0.15, 0.2) is 96.1 Å². The zero-order valence-corrected chi connectivity index (χ0v) is 13.6. The van der Waals surface area contributed by atoms with E-state index in [9.17, 15) is 4.79 Å². The summed E-state index contributed by atoms with van der Waals surface area (Å²) in [5.41, 5.74) is 4.22. The topological polar surface area (TPSA) is 50.7 Å². The van der Waals surface area contributed by atoms with E-state index < -0.39 is 6.10 Å². The third-order valence-electron chi connectivity index (χ3n) is 3.53. The lowest BCUT2D eigenvalue weighted by atomic mass is 10.1. The van der Waals surface area contributed by atoms with Crippen LogP contribution in [0.5, 0.6) is 5.75 Å². The van der Waals surface area contributed by atoms with E-state index >= 15 is 0 Å². The minimum absolute atomic E-state index is 0.331. The SMILES string of the molecule is O=C(N/N=C\c1ccccc1)[C@@H](Oc1ccccc1)c1ccccc1. The smallest absolute Gasteiger partial charge is 0.285 e. The molecule has 3 rings (SSSR count). The van der Waals surface area contributed by atoms with Gasteiger partial charge in [-0.05, 0) is 17.7 Å². The molecule has 0 aromatic heterocycles. The normalized spacial score (nSPS) is 11.8. The van der Waals surface area contributed by atoms with Gasteiger partial charge in [-0.2, -0.15) is 5.10 Å². The molecule has 1 N–H and O–H groups in total. The highest BCUT2D eigenvalue weighted by atomic mass is 16.5. The second-order valence-corrected chi connectivity index (χ2v) is 5.37. The predicted octanol–water partition coefficient (Wildman–Crippen LogP) is 3.96. The lowest BCUT2D eigenvalue weighted by Crippen LogP contribution is -2.29. The molecule has 1 atom stereocenters. The summed E-state index contributed by atoms with van der Waals surface area (Å²) in [4.78, 5) is 12.6. The van der Waals surface area contributed by atoms with Gasteiger partial charge < -0.3 is 4.74 Å². The van der Waals surface area contributed by atoms with Crippen molar-refractivity contribution in [2.45, 2.75) is 6.10 Å². The molecule has 0 aliphatic heterocycles. The summed E-state index contributed by atoms with van der Waals surface area (Å²) in [5.74, 6) is 0.292. The highest BCUT2D eigenvalue weighted by Gasteiger charge is 2.22. The predicted molar refractivity (Wildman–Crippen MR) is 98.4 cm³/mol. The van der Waals surface area contributed by atoms with E-state index in [1.165, 1.54) is 0 Å². The van der Waals surface area contributed by atoms with E-state index in [2.05, 4.69) is 10.5 Å². The number of nitrogens with one attached hydrogen (secondary N) is 1.